The van der Waals surface area contributed by atoms with Gasteiger partial charge in [0.05, 0.1) is 0 Å². The van der Waals surface area contributed by atoms with Crippen molar-refractivity contribution in [3.63, 3.8) is 0 Å². The molecule has 4 aliphatic rings. The van der Waals surface area contributed by atoms with E-state index in [1.807, 2.05) is 5.57 Å². The van der Waals surface area contributed by atoms with Crippen molar-refractivity contribution in [1.82, 2.24) is 0 Å². The second kappa shape index (κ2) is 7.53. The first-order valence-corrected chi connectivity index (χ1v) is 12.6. The molecule has 0 radical (unpaired) electrons. The van der Waals surface area contributed by atoms with Crippen LogP contribution in [0.3, 0.4) is 0 Å². The molecule has 0 nitrogen and oxygen atoms in total. The van der Waals surface area contributed by atoms with Gasteiger partial charge in [0.15, 0.2) is 0 Å². The monoisotopic (exact) mass is 370 g/mol. The standard InChI is InChI=1S/C27H46/c1-19(2)9-8-10-20(3)23-14-15-24-22-13-12-21-11-6-7-17-26(21,4)25(22)16-18-27(23,24)5/h12,19-20,22-25H,6-11,13-18H2,1-5H3/t20-,22-,23+,24-,25-,26+,27+/m1/s1. The topological polar surface area (TPSA) is 0 Å². The molecule has 0 aliphatic heterocycles. The first kappa shape index (κ1) is 20.0. The molecular weight excluding hydrogens is 324 g/mol. The highest BCUT2D eigenvalue weighted by Gasteiger charge is 2.58. The van der Waals surface area contributed by atoms with Crippen LogP contribution in [-0.2, 0) is 0 Å². The normalized spacial score (nSPS) is 45.0. The Hall–Kier alpha value is -0.260. The number of hydrogen-bond donors (Lipinski definition) is 0. The van der Waals surface area contributed by atoms with Crippen LogP contribution >= 0.6 is 0 Å². The Kier molecular flexibility index (Phi) is 5.59. The Balaban J connectivity index is 1.49. The van der Waals surface area contributed by atoms with E-state index in [0.29, 0.717) is 10.8 Å². The molecule has 0 unspecified atom stereocenters. The van der Waals surface area contributed by atoms with Gasteiger partial charge < -0.3 is 0 Å². The summed E-state index contributed by atoms with van der Waals surface area (Å²) in [6, 6.07) is 0. The third-order valence-electron chi connectivity index (χ3n) is 10.2. The second-order valence-electron chi connectivity index (χ2n) is 12.0. The van der Waals surface area contributed by atoms with Crippen molar-refractivity contribution in [3.05, 3.63) is 11.6 Å². The van der Waals surface area contributed by atoms with Crippen LogP contribution in [0.2, 0.25) is 0 Å². The number of fused-ring (bicyclic) bond motifs is 5. The molecule has 7 atom stereocenters. The van der Waals surface area contributed by atoms with E-state index in [4.69, 9.17) is 0 Å². The Morgan fingerprint density at radius 1 is 0.963 bits per heavy atom. The molecule has 0 amide bonds. The van der Waals surface area contributed by atoms with Crippen LogP contribution in [0.25, 0.3) is 0 Å². The lowest BCUT2D eigenvalue weighted by molar-refractivity contribution is -0.0500. The fourth-order valence-corrected chi connectivity index (χ4v) is 8.72. The van der Waals surface area contributed by atoms with Crippen LogP contribution in [0.5, 0.6) is 0 Å². The van der Waals surface area contributed by atoms with Crippen LogP contribution in [0, 0.1) is 46.3 Å². The molecule has 0 N–H and O–H groups in total. The van der Waals surface area contributed by atoms with Gasteiger partial charge in [0.25, 0.3) is 0 Å². The molecule has 3 saturated carbocycles. The minimum absolute atomic E-state index is 0.573. The minimum Gasteiger partial charge on any atom is -0.0845 e. The molecule has 0 bridgehead atoms. The molecular formula is C27H46. The summed E-state index contributed by atoms with van der Waals surface area (Å²) in [7, 11) is 0. The Bertz CT molecular complexity index is 556. The average Bonchev–Trinajstić information content (AvgIpc) is 2.98. The summed E-state index contributed by atoms with van der Waals surface area (Å²) < 4.78 is 0. The fourth-order valence-electron chi connectivity index (χ4n) is 8.72. The van der Waals surface area contributed by atoms with Crippen molar-refractivity contribution in [2.24, 2.45) is 46.3 Å². The molecule has 154 valence electrons. The van der Waals surface area contributed by atoms with E-state index in [1.54, 1.807) is 0 Å². The fraction of sp³-hybridized carbons (Fsp3) is 0.926. The van der Waals surface area contributed by atoms with Crippen molar-refractivity contribution >= 4 is 0 Å². The van der Waals surface area contributed by atoms with Crippen molar-refractivity contribution in [3.8, 4) is 0 Å². The van der Waals surface area contributed by atoms with Crippen LogP contribution in [-0.4, -0.2) is 0 Å². The summed E-state index contributed by atoms with van der Waals surface area (Å²) >= 11 is 0. The lowest BCUT2D eigenvalue weighted by Crippen LogP contribution is -2.50. The molecule has 0 saturated heterocycles. The first-order chi connectivity index (χ1) is 12.9. The summed E-state index contributed by atoms with van der Waals surface area (Å²) in [5.41, 5.74) is 3.09. The lowest BCUT2D eigenvalue weighted by Gasteiger charge is -2.58. The van der Waals surface area contributed by atoms with Gasteiger partial charge in [-0.05, 0) is 97.7 Å². The van der Waals surface area contributed by atoms with Crippen LogP contribution in [0.15, 0.2) is 11.6 Å². The Morgan fingerprint density at radius 3 is 2.56 bits per heavy atom. The van der Waals surface area contributed by atoms with E-state index in [0.717, 1.165) is 35.5 Å². The summed E-state index contributed by atoms with van der Waals surface area (Å²) in [5.74, 6) is 5.84. The average molecular weight is 371 g/mol. The molecule has 0 heterocycles. The maximum atomic E-state index is 2.74. The number of rotatable bonds is 5. The predicted molar refractivity (Wildman–Crippen MR) is 118 cm³/mol. The molecule has 0 spiro atoms. The van der Waals surface area contributed by atoms with Gasteiger partial charge in [0.1, 0.15) is 0 Å². The predicted octanol–water partition coefficient (Wildman–Crippen LogP) is 8.42. The third kappa shape index (κ3) is 3.36. The molecule has 0 aromatic carbocycles. The highest BCUT2D eigenvalue weighted by Crippen LogP contribution is 2.67. The van der Waals surface area contributed by atoms with Crippen LogP contribution in [0.4, 0.5) is 0 Å². The molecule has 27 heavy (non-hydrogen) atoms. The molecule has 4 aliphatic carbocycles. The van der Waals surface area contributed by atoms with Crippen LogP contribution in [0.1, 0.15) is 112 Å². The van der Waals surface area contributed by atoms with Crippen molar-refractivity contribution < 1.29 is 0 Å². The third-order valence-corrected chi connectivity index (χ3v) is 10.2. The van der Waals surface area contributed by atoms with Gasteiger partial charge in [-0.1, -0.05) is 72.0 Å². The molecule has 4 rings (SSSR count). The smallest absolute Gasteiger partial charge is 0.00853 e. The van der Waals surface area contributed by atoms with E-state index in [2.05, 4.69) is 40.7 Å². The Morgan fingerprint density at radius 2 is 1.78 bits per heavy atom. The Labute approximate surface area is 170 Å². The van der Waals surface area contributed by atoms with Gasteiger partial charge in [0, 0.05) is 0 Å². The van der Waals surface area contributed by atoms with Crippen molar-refractivity contribution in [1.29, 1.82) is 0 Å². The molecule has 0 heteroatoms. The van der Waals surface area contributed by atoms with Crippen LogP contribution < -0.4 is 0 Å². The summed E-state index contributed by atoms with van der Waals surface area (Å²) in [6.07, 6.45) is 20.5. The maximum Gasteiger partial charge on any atom is -0.00853 e. The highest BCUT2D eigenvalue weighted by atomic mass is 14.6. The zero-order valence-corrected chi connectivity index (χ0v) is 19.0. The van der Waals surface area contributed by atoms with Gasteiger partial charge in [0.2, 0.25) is 0 Å². The van der Waals surface area contributed by atoms with E-state index in [9.17, 15) is 0 Å². The van der Waals surface area contributed by atoms with E-state index in [1.165, 1.54) is 77.0 Å². The number of allylic oxidation sites excluding steroid dienone is 2. The molecule has 3 fully saturated rings. The second-order valence-corrected chi connectivity index (χ2v) is 12.0. The molecule has 0 aromatic rings. The SMILES string of the molecule is CC(C)CCC[C@@H](C)[C@@H]1CC[C@@H]2[C@H]3CC=C4CCCC[C@]4(C)[C@@H]3CC[C@]21C. The maximum absolute atomic E-state index is 2.74. The first-order valence-electron chi connectivity index (χ1n) is 12.6. The quantitative estimate of drug-likeness (QED) is 0.426. The summed E-state index contributed by atoms with van der Waals surface area (Å²) in [4.78, 5) is 0. The zero-order chi connectivity index (χ0) is 19.2. The van der Waals surface area contributed by atoms with Gasteiger partial charge >= 0.3 is 0 Å². The highest BCUT2D eigenvalue weighted by molar-refractivity contribution is 5.24. The van der Waals surface area contributed by atoms with Gasteiger partial charge in [-0.15, -0.1) is 0 Å². The van der Waals surface area contributed by atoms with E-state index < -0.39 is 0 Å². The van der Waals surface area contributed by atoms with Crippen molar-refractivity contribution in [2.75, 3.05) is 0 Å². The summed E-state index contributed by atoms with van der Waals surface area (Å²) in [6.45, 7) is 12.8. The van der Waals surface area contributed by atoms with Gasteiger partial charge in [-0.2, -0.15) is 0 Å². The van der Waals surface area contributed by atoms with Crippen molar-refractivity contribution in [2.45, 2.75) is 112 Å². The summed E-state index contributed by atoms with van der Waals surface area (Å²) in [5, 5.41) is 0. The number of hydrogen-bond acceptors (Lipinski definition) is 0. The lowest BCUT2D eigenvalue weighted by atomic mass is 9.47. The largest absolute Gasteiger partial charge is 0.0845 e. The zero-order valence-electron chi connectivity index (χ0n) is 19.0. The van der Waals surface area contributed by atoms with E-state index in [-0.39, 0.29) is 0 Å². The molecule has 0 aromatic heterocycles. The van der Waals surface area contributed by atoms with Gasteiger partial charge in [-0.25, -0.2) is 0 Å². The van der Waals surface area contributed by atoms with E-state index >= 15 is 0 Å². The van der Waals surface area contributed by atoms with Gasteiger partial charge in [-0.3, -0.25) is 0 Å². The minimum atomic E-state index is 0.573.